The molecule has 3 aromatic rings. The van der Waals surface area contributed by atoms with E-state index in [4.69, 9.17) is 0 Å². The summed E-state index contributed by atoms with van der Waals surface area (Å²) in [6, 6.07) is 17.3. The number of hydrogen-bond donors (Lipinski definition) is 1. The number of aryl methyl sites for hydroxylation is 2. The number of nitrogens with zero attached hydrogens (tertiary/aromatic N) is 2. The average Bonchev–Trinajstić information content (AvgIpc) is 2.81. The van der Waals surface area contributed by atoms with Crippen molar-refractivity contribution in [3.05, 3.63) is 66.0 Å². The van der Waals surface area contributed by atoms with Crippen molar-refractivity contribution in [2.75, 3.05) is 4.72 Å². The molecule has 0 amide bonds. The SMILES string of the molecule is Cc1nn(C)c(C)c1S(=O)(=O)Nc1ccc(-c2ccccc2)cc1. The van der Waals surface area contributed by atoms with Crippen LogP contribution in [0.15, 0.2) is 59.5 Å². The normalized spacial score (nSPS) is 11.5. The maximum atomic E-state index is 12.6. The summed E-state index contributed by atoms with van der Waals surface area (Å²) in [6.45, 7) is 3.44. The molecule has 5 nitrogen and oxygen atoms in total. The Hall–Kier alpha value is -2.60. The van der Waals surface area contributed by atoms with Crippen molar-refractivity contribution in [1.29, 1.82) is 0 Å². The third kappa shape index (κ3) is 3.05. The van der Waals surface area contributed by atoms with Crippen molar-refractivity contribution in [3.63, 3.8) is 0 Å². The minimum atomic E-state index is -3.66. The van der Waals surface area contributed by atoms with Crippen molar-refractivity contribution in [2.24, 2.45) is 7.05 Å². The second-order valence-corrected chi connectivity index (χ2v) is 7.29. The summed E-state index contributed by atoms with van der Waals surface area (Å²) in [5.74, 6) is 0. The third-order valence-corrected chi connectivity index (χ3v) is 5.59. The van der Waals surface area contributed by atoms with Crippen LogP contribution >= 0.6 is 0 Å². The van der Waals surface area contributed by atoms with Crippen LogP contribution in [0.3, 0.4) is 0 Å². The van der Waals surface area contributed by atoms with Gasteiger partial charge in [-0.05, 0) is 37.1 Å². The molecule has 2 aromatic carbocycles. The Kier molecular flexibility index (Phi) is 4.15. The Morgan fingerprint density at radius 2 is 1.50 bits per heavy atom. The fourth-order valence-corrected chi connectivity index (χ4v) is 4.21. The highest BCUT2D eigenvalue weighted by Crippen LogP contribution is 2.24. The van der Waals surface area contributed by atoms with E-state index >= 15 is 0 Å². The van der Waals surface area contributed by atoms with Crippen molar-refractivity contribution in [1.82, 2.24) is 9.78 Å². The van der Waals surface area contributed by atoms with E-state index in [-0.39, 0.29) is 4.90 Å². The highest BCUT2D eigenvalue weighted by atomic mass is 32.2. The first-order valence-electron chi connectivity index (χ1n) is 7.57. The molecular weight excluding hydrogens is 322 g/mol. The third-order valence-electron chi connectivity index (χ3n) is 3.96. The van der Waals surface area contributed by atoms with E-state index < -0.39 is 10.0 Å². The molecule has 0 aliphatic carbocycles. The van der Waals surface area contributed by atoms with Crippen LogP contribution in [0.4, 0.5) is 5.69 Å². The molecule has 0 aliphatic heterocycles. The van der Waals surface area contributed by atoms with E-state index in [0.717, 1.165) is 11.1 Å². The summed E-state index contributed by atoms with van der Waals surface area (Å²) in [7, 11) is -1.93. The first-order chi connectivity index (χ1) is 11.4. The Bertz CT molecular complexity index is 960. The Morgan fingerprint density at radius 3 is 2.04 bits per heavy atom. The number of anilines is 1. The molecular formula is C18H19N3O2S. The largest absolute Gasteiger partial charge is 0.280 e. The first-order valence-corrected chi connectivity index (χ1v) is 9.05. The molecule has 1 N–H and O–H groups in total. The maximum Gasteiger partial charge on any atom is 0.265 e. The molecule has 124 valence electrons. The van der Waals surface area contributed by atoms with Crippen LogP contribution in [0, 0.1) is 13.8 Å². The lowest BCUT2D eigenvalue weighted by molar-refractivity contribution is 0.599. The van der Waals surface area contributed by atoms with Gasteiger partial charge in [0.05, 0.1) is 11.4 Å². The molecule has 1 heterocycles. The van der Waals surface area contributed by atoms with Gasteiger partial charge < -0.3 is 0 Å². The molecule has 0 spiro atoms. The molecule has 0 fully saturated rings. The summed E-state index contributed by atoms with van der Waals surface area (Å²) >= 11 is 0. The number of nitrogens with one attached hydrogen (secondary N) is 1. The summed E-state index contributed by atoms with van der Waals surface area (Å²) in [5.41, 5.74) is 3.75. The Labute approximate surface area is 142 Å². The van der Waals surface area contributed by atoms with Gasteiger partial charge in [-0.2, -0.15) is 5.10 Å². The van der Waals surface area contributed by atoms with Crippen LogP contribution in [0.5, 0.6) is 0 Å². The molecule has 24 heavy (non-hydrogen) atoms. The van der Waals surface area contributed by atoms with Crippen molar-refractivity contribution in [2.45, 2.75) is 18.7 Å². The lowest BCUT2D eigenvalue weighted by Gasteiger charge is -2.09. The molecule has 0 atom stereocenters. The van der Waals surface area contributed by atoms with E-state index in [2.05, 4.69) is 9.82 Å². The van der Waals surface area contributed by atoms with E-state index in [9.17, 15) is 8.42 Å². The van der Waals surface area contributed by atoms with Gasteiger partial charge in [-0.3, -0.25) is 9.40 Å². The summed E-state index contributed by atoms with van der Waals surface area (Å²) in [6.07, 6.45) is 0. The Morgan fingerprint density at radius 1 is 0.917 bits per heavy atom. The maximum absolute atomic E-state index is 12.6. The van der Waals surface area contributed by atoms with Crippen molar-refractivity contribution >= 4 is 15.7 Å². The van der Waals surface area contributed by atoms with Gasteiger partial charge in [-0.15, -0.1) is 0 Å². The molecule has 1 aromatic heterocycles. The minimum absolute atomic E-state index is 0.233. The van der Waals surface area contributed by atoms with E-state index in [1.54, 1.807) is 37.7 Å². The number of aromatic nitrogens is 2. The fourth-order valence-electron chi connectivity index (χ4n) is 2.71. The molecule has 0 saturated heterocycles. The van der Waals surface area contributed by atoms with Gasteiger partial charge in [-0.25, -0.2) is 8.42 Å². The lowest BCUT2D eigenvalue weighted by atomic mass is 10.1. The van der Waals surface area contributed by atoms with Crippen LogP contribution in [0.1, 0.15) is 11.4 Å². The van der Waals surface area contributed by atoms with Gasteiger partial charge >= 0.3 is 0 Å². The molecule has 0 radical (unpaired) electrons. The van der Waals surface area contributed by atoms with Crippen molar-refractivity contribution < 1.29 is 8.42 Å². The van der Waals surface area contributed by atoms with E-state index in [1.165, 1.54) is 0 Å². The first kappa shape index (κ1) is 16.3. The lowest BCUT2D eigenvalue weighted by Crippen LogP contribution is -2.14. The topological polar surface area (TPSA) is 64.0 Å². The number of benzene rings is 2. The number of hydrogen-bond acceptors (Lipinski definition) is 3. The minimum Gasteiger partial charge on any atom is -0.280 e. The fraction of sp³-hybridized carbons (Fsp3) is 0.167. The van der Waals surface area contributed by atoms with Gasteiger partial charge in [0.2, 0.25) is 0 Å². The van der Waals surface area contributed by atoms with Crippen LogP contribution in [-0.4, -0.2) is 18.2 Å². The molecule has 3 rings (SSSR count). The molecule has 0 bridgehead atoms. The zero-order valence-corrected chi connectivity index (χ0v) is 14.6. The van der Waals surface area contributed by atoms with E-state index in [1.807, 2.05) is 42.5 Å². The monoisotopic (exact) mass is 341 g/mol. The molecule has 0 saturated carbocycles. The van der Waals surface area contributed by atoms with Gasteiger partial charge in [0, 0.05) is 12.7 Å². The van der Waals surface area contributed by atoms with Gasteiger partial charge in [0.1, 0.15) is 4.90 Å². The Balaban J connectivity index is 1.88. The smallest absolute Gasteiger partial charge is 0.265 e. The standard InChI is InChI=1S/C18H19N3O2S/c1-13-18(14(2)21(3)19-13)24(22,23)20-17-11-9-16(10-12-17)15-7-5-4-6-8-15/h4-12,20H,1-3H3. The highest BCUT2D eigenvalue weighted by Gasteiger charge is 2.23. The number of rotatable bonds is 4. The predicted octanol–water partition coefficient (Wildman–Crippen LogP) is 3.50. The van der Waals surface area contributed by atoms with Crippen LogP contribution < -0.4 is 4.72 Å². The second-order valence-electron chi connectivity index (χ2n) is 5.67. The molecule has 0 unspecified atom stereocenters. The zero-order chi connectivity index (χ0) is 17.3. The number of sulfonamides is 1. The average molecular weight is 341 g/mol. The van der Waals surface area contributed by atoms with Crippen LogP contribution in [-0.2, 0) is 17.1 Å². The highest BCUT2D eigenvalue weighted by molar-refractivity contribution is 7.92. The van der Waals surface area contributed by atoms with Crippen molar-refractivity contribution in [3.8, 4) is 11.1 Å². The van der Waals surface area contributed by atoms with Gasteiger partial charge in [-0.1, -0.05) is 42.5 Å². The molecule has 6 heteroatoms. The van der Waals surface area contributed by atoms with Crippen LogP contribution in [0.25, 0.3) is 11.1 Å². The van der Waals surface area contributed by atoms with E-state index in [0.29, 0.717) is 17.1 Å². The summed E-state index contributed by atoms with van der Waals surface area (Å²) < 4.78 is 29.5. The summed E-state index contributed by atoms with van der Waals surface area (Å²) in [4.78, 5) is 0.233. The van der Waals surface area contributed by atoms with Gasteiger partial charge in [0.15, 0.2) is 0 Å². The quantitative estimate of drug-likeness (QED) is 0.790. The van der Waals surface area contributed by atoms with Gasteiger partial charge in [0.25, 0.3) is 10.0 Å². The second kappa shape index (κ2) is 6.13. The predicted molar refractivity (Wildman–Crippen MR) is 95.4 cm³/mol. The molecule has 0 aliphatic rings. The van der Waals surface area contributed by atoms with Crippen LogP contribution in [0.2, 0.25) is 0 Å². The summed E-state index contributed by atoms with van der Waals surface area (Å²) in [5, 5.41) is 4.17. The zero-order valence-electron chi connectivity index (χ0n) is 13.8.